The van der Waals surface area contributed by atoms with E-state index in [0.29, 0.717) is 11.6 Å². The Balaban J connectivity index is 1.98. The van der Waals surface area contributed by atoms with Crippen LogP contribution in [0.1, 0.15) is 22.6 Å². The minimum absolute atomic E-state index is 0.604. The number of anilines is 1. The van der Waals surface area contributed by atoms with Gasteiger partial charge in [-0.3, -0.25) is 0 Å². The van der Waals surface area contributed by atoms with Crippen LogP contribution in [0.15, 0.2) is 17.5 Å². The monoisotopic (exact) mass is 258 g/mol. The van der Waals surface area contributed by atoms with Crippen LogP contribution in [-0.4, -0.2) is 15.0 Å². The van der Waals surface area contributed by atoms with Gasteiger partial charge in [0.2, 0.25) is 0 Å². The maximum Gasteiger partial charge on any atom is 0.180 e. The Morgan fingerprint density at radius 2 is 2.00 bits per heavy atom. The number of aromatic nitrogens is 3. The van der Waals surface area contributed by atoms with Crippen LogP contribution in [0.4, 0.5) is 5.13 Å². The molecule has 0 aliphatic rings. The number of benzene rings is 1. The predicted octanol–water partition coefficient (Wildman–Crippen LogP) is 2.81. The quantitative estimate of drug-likeness (QED) is 0.742. The van der Waals surface area contributed by atoms with Gasteiger partial charge in [-0.25, -0.2) is 9.97 Å². The average molecular weight is 258 g/mol. The number of nitrogen functional groups attached to an aromatic ring is 1. The summed E-state index contributed by atoms with van der Waals surface area (Å²) in [5.74, 6) is 0.931. The van der Waals surface area contributed by atoms with Crippen LogP contribution >= 0.6 is 11.3 Å². The normalized spacial score (nSPS) is 11.2. The third-order valence-corrected chi connectivity index (χ3v) is 3.79. The summed E-state index contributed by atoms with van der Waals surface area (Å²) in [5, 5.41) is 2.58. The van der Waals surface area contributed by atoms with Gasteiger partial charge in [-0.15, -0.1) is 11.3 Å². The van der Waals surface area contributed by atoms with Crippen molar-refractivity contribution in [3.63, 3.8) is 0 Å². The lowest BCUT2D eigenvalue weighted by Crippen LogP contribution is -1.91. The van der Waals surface area contributed by atoms with Crippen LogP contribution in [0.2, 0.25) is 0 Å². The Morgan fingerprint density at radius 3 is 2.72 bits per heavy atom. The Kier molecular flexibility index (Phi) is 2.56. The second kappa shape index (κ2) is 4.10. The summed E-state index contributed by atoms with van der Waals surface area (Å²) in [7, 11) is 0. The summed E-state index contributed by atoms with van der Waals surface area (Å²) in [5.41, 5.74) is 11.2. The van der Waals surface area contributed by atoms with Crippen molar-refractivity contribution in [2.24, 2.45) is 0 Å². The van der Waals surface area contributed by atoms with E-state index in [1.165, 1.54) is 22.5 Å². The van der Waals surface area contributed by atoms with Gasteiger partial charge in [-0.05, 0) is 37.1 Å². The zero-order valence-corrected chi connectivity index (χ0v) is 11.1. The van der Waals surface area contributed by atoms with E-state index < -0.39 is 0 Å². The van der Waals surface area contributed by atoms with Gasteiger partial charge in [0.05, 0.1) is 16.7 Å². The molecule has 0 saturated heterocycles. The number of aromatic amines is 1. The number of rotatable bonds is 2. The molecule has 0 aliphatic heterocycles. The molecule has 3 rings (SSSR count). The first kappa shape index (κ1) is 11.2. The fraction of sp³-hybridized carbons (Fsp3) is 0.231. The second-order valence-corrected chi connectivity index (χ2v) is 5.38. The number of thiazole rings is 1. The number of hydrogen-bond donors (Lipinski definition) is 2. The number of hydrogen-bond acceptors (Lipinski definition) is 4. The highest BCUT2D eigenvalue weighted by Gasteiger charge is 2.07. The smallest absolute Gasteiger partial charge is 0.180 e. The van der Waals surface area contributed by atoms with E-state index in [4.69, 9.17) is 5.73 Å². The number of imidazole rings is 1. The van der Waals surface area contributed by atoms with Crippen molar-refractivity contribution >= 4 is 27.5 Å². The average Bonchev–Trinajstić information content (AvgIpc) is 2.86. The first-order chi connectivity index (χ1) is 8.61. The molecular weight excluding hydrogens is 244 g/mol. The summed E-state index contributed by atoms with van der Waals surface area (Å²) in [6.07, 6.45) is 0.695. The van der Waals surface area contributed by atoms with E-state index >= 15 is 0 Å². The fourth-order valence-electron chi connectivity index (χ4n) is 1.98. The van der Waals surface area contributed by atoms with Crippen molar-refractivity contribution in [2.45, 2.75) is 20.3 Å². The number of nitrogens with zero attached hydrogens (tertiary/aromatic N) is 2. The molecule has 0 radical (unpaired) electrons. The molecular formula is C13H14N4S. The Morgan fingerprint density at radius 1 is 1.22 bits per heavy atom. The van der Waals surface area contributed by atoms with E-state index in [-0.39, 0.29) is 0 Å². The Labute approximate surface area is 109 Å². The number of nitrogens with two attached hydrogens (primary N) is 1. The topological polar surface area (TPSA) is 67.6 Å². The molecule has 0 amide bonds. The largest absolute Gasteiger partial charge is 0.375 e. The first-order valence-electron chi connectivity index (χ1n) is 5.77. The van der Waals surface area contributed by atoms with E-state index in [1.807, 2.05) is 5.38 Å². The molecule has 0 aliphatic carbocycles. The van der Waals surface area contributed by atoms with E-state index in [2.05, 4.69) is 40.9 Å². The van der Waals surface area contributed by atoms with Crippen LogP contribution in [0.25, 0.3) is 11.0 Å². The molecule has 0 spiro atoms. The molecule has 18 heavy (non-hydrogen) atoms. The fourth-order valence-corrected chi connectivity index (χ4v) is 2.54. The predicted molar refractivity (Wildman–Crippen MR) is 74.9 cm³/mol. The van der Waals surface area contributed by atoms with Crippen LogP contribution in [-0.2, 0) is 6.42 Å². The first-order valence-corrected chi connectivity index (χ1v) is 6.65. The van der Waals surface area contributed by atoms with Crippen LogP contribution in [0.3, 0.4) is 0 Å². The van der Waals surface area contributed by atoms with Gasteiger partial charge in [0.25, 0.3) is 0 Å². The van der Waals surface area contributed by atoms with Crippen LogP contribution < -0.4 is 5.73 Å². The van der Waals surface area contributed by atoms with E-state index in [0.717, 1.165) is 22.6 Å². The Hall–Kier alpha value is -1.88. The van der Waals surface area contributed by atoms with E-state index in [9.17, 15) is 0 Å². The van der Waals surface area contributed by atoms with Gasteiger partial charge in [-0.2, -0.15) is 0 Å². The molecule has 92 valence electrons. The SMILES string of the molecule is Cc1cc2nc(Cc3csc(N)n3)[nH]c2cc1C. The number of fused-ring (bicyclic) bond motifs is 1. The summed E-state index contributed by atoms with van der Waals surface area (Å²) in [6.45, 7) is 4.21. The minimum Gasteiger partial charge on any atom is -0.375 e. The molecule has 2 heterocycles. The highest BCUT2D eigenvalue weighted by molar-refractivity contribution is 7.13. The molecule has 0 saturated carbocycles. The third kappa shape index (κ3) is 1.97. The van der Waals surface area contributed by atoms with Gasteiger partial charge in [0, 0.05) is 11.8 Å². The van der Waals surface area contributed by atoms with Crippen LogP contribution in [0.5, 0.6) is 0 Å². The third-order valence-electron chi connectivity index (χ3n) is 3.06. The van der Waals surface area contributed by atoms with Gasteiger partial charge >= 0.3 is 0 Å². The van der Waals surface area contributed by atoms with Crippen molar-refractivity contribution in [3.8, 4) is 0 Å². The molecule has 3 aromatic rings. The van der Waals surface area contributed by atoms with Crippen molar-refractivity contribution < 1.29 is 0 Å². The summed E-state index contributed by atoms with van der Waals surface area (Å²) in [4.78, 5) is 12.2. The lowest BCUT2D eigenvalue weighted by atomic mass is 10.1. The summed E-state index contributed by atoms with van der Waals surface area (Å²) in [6, 6.07) is 4.25. The van der Waals surface area contributed by atoms with Gasteiger partial charge < -0.3 is 10.7 Å². The molecule has 5 heteroatoms. The maximum atomic E-state index is 5.62. The highest BCUT2D eigenvalue weighted by Crippen LogP contribution is 2.19. The molecule has 1 aromatic carbocycles. The number of H-pyrrole nitrogens is 1. The maximum absolute atomic E-state index is 5.62. The minimum atomic E-state index is 0.604. The van der Waals surface area contributed by atoms with Gasteiger partial charge in [0.15, 0.2) is 5.13 Å². The zero-order chi connectivity index (χ0) is 12.7. The Bertz CT molecular complexity index is 672. The highest BCUT2D eigenvalue weighted by atomic mass is 32.1. The molecule has 0 fully saturated rings. The van der Waals surface area contributed by atoms with Crippen molar-refractivity contribution in [2.75, 3.05) is 5.73 Å². The molecule has 2 aromatic heterocycles. The van der Waals surface area contributed by atoms with Gasteiger partial charge in [0.1, 0.15) is 5.82 Å². The number of nitrogens with one attached hydrogen (secondary N) is 1. The van der Waals surface area contributed by atoms with E-state index in [1.54, 1.807) is 0 Å². The second-order valence-electron chi connectivity index (χ2n) is 4.49. The summed E-state index contributed by atoms with van der Waals surface area (Å²) >= 11 is 1.46. The molecule has 0 bridgehead atoms. The van der Waals surface area contributed by atoms with Crippen molar-refractivity contribution in [3.05, 3.63) is 40.2 Å². The number of aryl methyl sites for hydroxylation is 2. The molecule has 4 nitrogen and oxygen atoms in total. The lowest BCUT2D eigenvalue weighted by Gasteiger charge is -1.97. The zero-order valence-electron chi connectivity index (χ0n) is 10.3. The lowest BCUT2D eigenvalue weighted by molar-refractivity contribution is 1.00. The molecule has 0 atom stereocenters. The van der Waals surface area contributed by atoms with Crippen molar-refractivity contribution in [1.29, 1.82) is 0 Å². The van der Waals surface area contributed by atoms with Gasteiger partial charge in [-0.1, -0.05) is 0 Å². The molecule has 0 unspecified atom stereocenters. The van der Waals surface area contributed by atoms with Crippen LogP contribution in [0, 0.1) is 13.8 Å². The molecule has 3 N–H and O–H groups in total. The van der Waals surface area contributed by atoms with Crippen molar-refractivity contribution in [1.82, 2.24) is 15.0 Å². The standard InChI is InChI=1S/C13H14N4S/c1-7-3-10-11(4-8(7)2)17-12(16-10)5-9-6-18-13(14)15-9/h3-4,6H,5H2,1-2H3,(H2,14,15)(H,16,17). The summed E-state index contributed by atoms with van der Waals surface area (Å²) < 4.78 is 0.